The second-order valence-electron chi connectivity index (χ2n) is 7.00. The zero-order chi connectivity index (χ0) is 20.5. The Balaban J connectivity index is 1.40. The number of nitrogens with zero attached hydrogens (tertiary/aromatic N) is 5. The molecule has 2 aromatic rings. The molecule has 2 heterocycles. The molecule has 1 aliphatic rings. The summed E-state index contributed by atoms with van der Waals surface area (Å²) in [5, 5.41) is 7.84. The number of hydrogen-bond donors (Lipinski definition) is 0. The molecular weight excluding hydrogens is 370 g/mol. The smallest absolute Gasteiger partial charge is 0.358 e. The van der Waals surface area contributed by atoms with Crippen molar-refractivity contribution in [1.82, 2.24) is 19.9 Å². The van der Waals surface area contributed by atoms with Crippen molar-refractivity contribution in [3.05, 3.63) is 36.2 Å². The monoisotopic (exact) mass is 401 g/mol. The number of hydrogen-bond acceptors (Lipinski definition) is 7. The van der Waals surface area contributed by atoms with E-state index in [1.807, 2.05) is 19.1 Å². The molecule has 1 aliphatic heterocycles. The van der Waals surface area contributed by atoms with Gasteiger partial charge in [0.25, 0.3) is 0 Å². The first-order chi connectivity index (χ1) is 14.2. The van der Waals surface area contributed by atoms with E-state index in [4.69, 9.17) is 9.47 Å². The van der Waals surface area contributed by atoms with Gasteiger partial charge in [-0.15, -0.1) is 5.10 Å². The predicted octanol–water partition coefficient (Wildman–Crippen LogP) is 2.46. The van der Waals surface area contributed by atoms with Crippen LogP contribution in [-0.2, 0) is 11.3 Å². The van der Waals surface area contributed by atoms with Crippen LogP contribution in [0.15, 0.2) is 30.5 Å². The van der Waals surface area contributed by atoms with E-state index >= 15 is 0 Å². The van der Waals surface area contributed by atoms with Crippen LogP contribution in [0, 0.1) is 0 Å². The molecular formula is C21H31N5O3. The maximum Gasteiger partial charge on any atom is 0.358 e. The van der Waals surface area contributed by atoms with Crippen molar-refractivity contribution in [2.24, 2.45) is 0 Å². The molecule has 0 saturated carbocycles. The zero-order valence-corrected chi connectivity index (χ0v) is 17.4. The molecule has 1 fully saturated rings. The molecule has 0 N–H and O–H groups in total. The van der Waals surface area contributed by atoms with Gasteiger partial charge in [-0.3, -0.25) is 4.90 Å². The summed E-state index contributed by atoms with van der Waals surface area (Å²) in [5.41, 5.74) is 1.61. The number of unbranched alkanes of at least 4 members (excludes halogenated alkanes) is 1. The summed E-state index contributed by atoms with van der Waals surface area (Å²) in [7, 11) is 0. The number of aryl methyl sites for hydroxylation is 1. The molecule has 3 rings (SSSR count). The molecule has 1 aromatic heterocycles. The first-order valence-corrected chi connectivity index (χ1v) is 10.5. The van der Waals surface area contributed by atoms with Crippen LogP contribution in [0.2, 0.25) is 0 Å². The third-order valence-electron chi connectivity index (χ3n) is 5.07. The molecule has 0 aliphatic carbocycles. The van der Waals surface area contributed by atoms with Crippen molar-refractivity contribution in [2.45, 2.75) is 33.2 Å². The number of para-hydroxylation sites is 2. The van der Waals surface area contributed by atoms with Crippen molar-refractivity contribution in [3.8, 4) is 5.75 Å². The molecule has 1 saturated heterocycles. The average molecular weight is 402 g/mol. The molecule has 0 radical (unpaired) electrons. The summed E-state index contributed by atoms with van der Waals surface area (Å²) < 4.78 is 12.4. The number of anilines is 1. The van der Waals surface area contributed by atoms with Gasteiger partial charge < -0.3 is 14.4 Å². The Hall–Kier alpha value is -2.61. The Kier molecular flexibility index (Phi) is 7.86. The third-order valence-corrected chi connectivity index (χ3v) is 5.07. The molecule has 0 amide bonds. The van der Waals surface area contributed by atoms with Crippen LogP contribution in [0.25, 0.3) is 0 Å². The highest BCUT2D eigenvalue weighted by atomic mass is 16.5. The lowest BCUT2D eigenvalue weighted by atomic mass is 10.2. The summed E-state index contributed by atoms with van der Waals surface area (Å²) in [4.78, 5) is 16.8. The number of carbonyl (C=O) groups is 1. The van der Waals surface area contributed by atoms with Gasteiger partial charge in [0.05, 0.1) is 25.1 Å². The number of esters is 1. The van der Waals surface area contributed by atoms with Gasteiger partial charge in [0.2, 0.25) is 0 Å². The Bertz CT molecular complexity index is 771. The van der Waals surface area contributed by atoms with Crippen LogP contribution in [0.4, 0.5) is 5.69 Å². The molecule has 158 valence electrons. The van der Waals surface area contributed by atoms with E-state index in [0.29, 0.717) is 25.5 Å². The summed E-state index contributed by atoms with van der Waals surface area (Å²) in [6.07, 6.45) is 3.47. The second kappa shape index (κ2) is 10.8. The highest BCUT2D eigenvalue weighted by Gasteiger charge is 2.19. The lowest BCUT2D eigenvalue weighted by Crippen LogP contribution is -2.46. The topological polar surface area (TPSA) is 72.7 Å². The number of ether oxygens (including phenoxy) is 2. The number of benzene rings is 1. The second-order valence-corrected chi connectivity index (χ2v) is 7.00. The van der Waals surface area contributed by atoms with Crippen molar-refractivity contribution < 1.29 is 14.3 Å². The number of rotatable bonds is 10. The Labute approximate surface area is 172 Å². The van der Waals surface area contributed by atoms with E-state index in [0.717, 1.165) is 51.3 Å². The van der Waals surface area contributed by atoms with E-state index in [1.165, 1.54) is 11.9 Å². The Morgan fingerprint density at radius 1 is 1.03 bits per heavy atom. The van der Waals surface area contributed by atoms with Gasteiger partial charge in [-0.05, 0) is 45.4 Å². The molecule has 0 atom stereocenters. The summed E-state index contributed by atoms with van der Waals surface area (Å²) >= 11 is 0. The third kappa shape index (κ3) is 5.69. The normalized spacial score (nSPS) is 14.8. The fourth-order valence-corrected chi connectivity index (χ4v) is 3.59. The van der Waals surface area contributed by atoms with Crippen LogP contribution in [0.1, 0.15) is 37.2 Å². The van der Waals surface area contributed by atoms with Crippen LogP contribution in [0.5, 0.6) is 5.75 Å². The Morgan fingerprint density at radius 2 is 1.79 bits per heavy atom. The lowest BCUT2D eigenvalue weighted by Gasteiger charge is -2.36. The molecule has 8 nitrogen and oxygen atoms in total. The summed E-state index contributed by atoms with van der Waals surface area (Å²) in [5.74, 6) is 0.606. The van der Waals surface area contributed by atoms with Crippen LogP contribution >= 0.6 is 0 Å². The van der Waals surface area contributed by atoms with Gasteiger partial charge in [0.15, 0.2) is 5.69 Å². The van der Waals surface area contributed by atoms with Crippen LogP contribution in [0.3, 0.4) is 0 Å². The van der Waals surface area contributed by atoms with Gasteiger partial charge in [-0.25, -0.2) is 9.48 Å². The van der Waals surface area contributed by atoms with Crippen molar-refractivity contribution in [1.29, 1.82) is 0 Å². The van der Waals surface area contributed by atoms with E-state index in [1.54, 1.807) is 11.6 Å². The van der Waals surface area contributed by atoms with Crippen LogP contribution in [-0.4, -0.2) is 71.8 Å². The van der Waals surface area contributed by atoms with Gasteiger partial charge in [-0.1, -0.05) is 17.3 Å². The van der Waals surface area contributed by atoms with Crippen molar-refractivity contribution in [2.75, 3.05) is 50.8 Å². The first kappa shape index (κ1) is 21.1. The van der Waals surface area contributed by atoms with E-state index in [9.17, 15) is 4.79 Å². The van der Waals surface area contributed by atoms with E-state index in [-0.39, 0.29) is 5.97 Å². The maximum absolute atomic E-state index is 11.9. The van der Waals surface area contributed by atoms with Gasteiger partial charge in [0, 0.05) is 32.7 Å². The standard InChI is InChI=1S/C21H31N5O3/c1-3-28-20-10-6-5-9-18(20)25-15-13-24(14-16-25)11-7-8-12-26-19(17-22-23-26)21(27)29-4-2/h5-6,9-10,17H,3-4,7-8,11-16H2,1-2H3. The van der Waals surface area contributed by atoms with Gasteiger partial charge in [-0.2, -0.15) is 0 Å². The fourth-order valence-electron chi connectivity index (χ4n) is 3.59. The molecule has 0 bridgehead atoms. The minimum Gasteiger partial charge on any atom is -0.492 e. The van der Waals surface area contributed by atoms with Crippen molar-refractivity contribution >= 4 is 11.7 Å². The van der Waals surface area contributed by atoms with E-state index < -0.39 is 0 Å². The van der Waals surface area contributed by atoms with E-state index in [2.05, 4.69) is 32.2 Å². The maximum atomic E-state index is 11.9. The number of aromatic nitrogens is 3. The summed E-state index contributed by atoms with van der Waals surface area (Å²) in [6.45, 7) is 10.6. The lowest BCUT2D eigenvalue weighted by molar-refractivity contribution is 0.0511. The quantitative estimate of drug-likeness (QED) is 0.447. The first-order valence-electron chi connectivity index (χ1n) is 10.5. The predicted molar refractivity (Wildman–Crippen MR) is 111 cm³/mol. The van der Waals surface area contributed by atoms with Crippen molar-refractivity contribution in [3.63, 3.8) is 0 Å². The molecule has 29 heavy (non-hydrogen) atoms. The largest absolute Gasteiger partial charge is 0.492 e. The van der Waals surface area contributed by atoms with Crippen LogP contribution < -0.4 is 9.64 Å². The minimum atomic E-state index is -0.360. The highest BCUT2D eigenvalue weighted by molar-refractivity contribution is 5.87. The van der Waals surface area contributed by atoms with Gasteiger partial charge >= 0.3 is 5.97 Å². The number of carbonyl (C=O) groups excluding carboxylic acids is 1. The fraction of sp³-hybridized carbons (Fsp3) is 0.571. The molecule has 8 heteroatoms. The molecule has 0 unspecified atom stereocenters. The Morgan fingerprint density at radius 3 is 2.55 bits per heavy atom. The van der Waals surface area contributed by atoms with Gasteiger partial charge in [0.1, 0.15) is 5.75 Å². The molecule has 0 spiro atoms. The highest BCUT2D eigenvalue weighted by Crippen LogP contribution is 2.28. The summed E-state index contributed by atoms with van der Waals surface area (Å²) in [6, 6.07) is 8.27. The average Bonchev–Trinajstić information content (AvgIpc) is 3.21. The molecule has 1 aromatic carbocycles. The minimum absolute atomic E-state index is 0.352. The SMILES string of the molecule is CCOC(=O)c1cnnn1CCCCN1CCN(c2ccccc2OCC)CC1. The number of piperazine rings is 1. The zero-order valence-electron chi connectivity index (χ0n) is 17.4.